The van der Waals surface area contributed by atoms with Gasteiger partial charge in [-0.2, -0.15) is 0 Å². The Labute approximate surface area is 198 Å². The summed E-state index contributed by atoms with van der Waals surface area (Å²) in [4.78, 5) is 18.6. The summed E-state index contributed by atoms with van der Waals surface area (Å²) in [5, 5.41) is 12.5. The van der Waals surface area contributed by atoms with E-state index in [1.807, 2.05) is 25.1 Å². The van der Waals surface area contributed by atoms with E-state index in [1.165, 1.54) is 16.5 Å². The summed E-state index contributed by atoms with van der Waals surface area (Å²) in [5.41, 5.74) is 5.87. The molecule has 34 heavy (non-hydrogen) atoms. The highest BCUT2D eigenvalue weighted by atomic mass is 16.5. The second-order valence-corrected chi connectivity index (χ2v) is 9.65. The summed E-state index contributed by atoms with van der Waals surface area (Å²) in [6, 6.07) is 6.04. The third kappa shape index (κ3) is 2.84. The molecule has 2 aromatic heterocycles. The molecule has 0 spiro atoms. The van der Waals surface area contributed by atoms with E-state index in [0.717, 1.165) is 66.9 Å². The molecule has 4 heterocycles. The second kappa shape index (κ2) is 7.70. The van der Waals surface area contributed by atoms with Crippen molar-refractivity contribution in [3.63, 3.8) is 0 Å². The Morgan fingerprint density at radius 3 is 2.82 bits per heavy atom. The van der Waals surface area contributed by atoms with Crippen LogP contribution in [0.2, 0.25) is 0 Å². The van der Waals surface area contributed by atoms with Gasteiger partial charge in [0.15, 0.2) is 0 Å². The first kappa shape index (κ1) is 21.4. The lowest BCUT2D eigenvalue weighted by molar-refractivity contribution is -0.0172. The van der Waals surface area contributed by atoms with Crippen LogP contribution in [0, 0.1) is 0 Å². The highest BCUT2D eigenvalue weighted by Gasteiger charge is 2.41. The van der Waals surface area contributed by atoms with E-state index in [9.17, 15) is 9.90 Å². The monoisotopic (exact) mass is 458 g/mol. The van der Waals surface area contributed by atoms with Crippen LogP contribution >= 0.6 is 0 Å². The van der Waals surface area contributed by atoms with Crippen LogP contribution in [0.25, 0.3) is 22.3 Å². The molecule has 6 heteroatoms. The Balaban J connectivity index is 1.56. The first-order chi connectivity index (χ1) is 16.5. The van der Waals surface area contributed by atoms with Crippen molar-refractivity contribution in [1.82, 2.24) is 9.55 Å². The maximum absolute atomic E-state index is 13.6. The fourth-order valence-corrected chi connectivity index (χ4v) is 5.86. The number of aliphatic hydroxyl groups is 1. The van der Waals surface area contributed by atoms with Crippen molar-refractivity contribution in [2.45, 2.75) is 71.1 Å². The first-order valence-electron chi connectivity index (χ1n) is 12.4. The SMILES string of the molecule is C=C1OCc2c(cc3n(c2=O)Cc2c-3nc3ccc(OCCCC)c4c3c2CCC4)[C@@]1(O)CC. The number of aryl methyl sites for hydroxylation is 2. The third-order valence-electron chi connectivity index (χ3n) is 7.81. The number of pyridine rings is 2. The number of unbranched alkanes of at least 4 members (excludes halogenated alkanes) is 1. The van der Waals surface area contributed by atoms with Crippen LogP contribution < -0.4 is 10.3 Å². The zero-order chi connectivity index (χ0) is 23.6. The van der Waals surface area contributed by atoms with Crippen molar-refractivity contribution < 1.29 is 14.6 Å². The highest BCUT2D eigenvalue weighted by molar-refractivity contribution is 5.93. The normalized spacial score (nSPS) is 20.0. The van der Waals surface area contributed by atoms with E-state index in [4.69, 9.17) is 14.5 Å². The molecule has 3 aliphatic rings. The number of ether oxygens (including phenoxy) is 2. The molecule has 0 unspecified atom stereocenters. The molecule has 176 valence electrons. The molecule has 0 fully saturated rings. The van der Waals surface area contributed by atoms with Gasteiger partial charge in [-0.25, -0.2) is 4.98 Å². The summed E-state index contributed by atoms with van der Waals surface area (Å²) in [5.74, 6) is 1.27. The minimum atomic E-state index is -1.37. The maximum Gasteiger partial charge on any atom is 0.258 e. The van der Waals surface area contributed by atoms with Gasteiger partial charge in [0.25, 0.3) is 5.56 Å². The van der Waals surface area contributed by atoms with Gasteiger partial charge < -0.3 is 19.1 Å². The summed E-state index contributed by atoms with van der Waals surface area (Å²) in [6.45, 7) is 9.32. The van der Waals surface area contributed by atoms with Gasteiger partial charge in [-0.15, -0.1) is 0 Å². The number of hydrogen-bond donors (Lipinski definition) is 1. The molecule has 0 radical (unpaired) electrons. The largest absolute Gasteiger partial charge is 0.493 e. The van der Waals surface area contributed by atoms with Gasteiger partial charge in [0.1, 0.15) is 23.7 Å². The van der Waals surface area contributed by atoms with Crippen molar-refractivity contribution in [1.29, 1.82) is 0 Å². The highest BCUT2D eigenvalue weighted by Crippen LogP contribution is 2.45. The van der Waals surface area contributed by atoms with Gasteiger partial charge in [0, 0.05) is 22.1 Å². The number of rotatable bonds is 5. The number of nitrogens with zero attached hydrogens (tertiary/aromatic N) is 2. The van der Waals surface area contributed by atoms with Gasteiger partial charge in [0.05, 0.1) is 35.6 Å². The molecule has 0 saturated heterocycles. The lowest BCUT2D eigenvalue weighted by Crippen LogP contribution is -2.38. The standard InChI is InChI=1S/C28H30N2O4/c1-4-6-12-33-24-11-10-22-25-17(8-7-9-18(24)25)19-14-30-23(26(19)29-22)13-21-20(27(30)31)15-34-16(3)28(21,32)5-2/h10-11,13,32H,3-9,12,14-15H2,1-2H3/t28-/m1/s1. The van der Waals surface area contributed by atoms with E-state index in [0.29, 0.717) is 29.9 Å². The summed E-state index contributed by atoms with van der Waals surface area (Å²) < 4.78 is 13.6. The Morgan fingerprint density at radius 2 is 2.03 bits per heavy atom. The third-order valence-corrected chi connectivity index (χ3v) is 7.81. The number of aromatic nitrogens is 2. The van der Waals surface area contributed by atoms with E-state index in [2.05, 4.69) is 13.5 Å². The molecule has 1 N–H and O–H groups in total. The Morgan fingerprint density at radius 1 is 1.21 bits per heavy atom. The van der Waals surface area contributed by atoms with E-state index >= 15 is 0 Å². The quantitative estimate of drug-likeness (QED) is 0.438. The molecule has 6 rings (SSSR count). The number of hydrogen-bond acceptors (Lipinski definition) is 5. The van der Waals surface area contributed by atoms with Crippen LogP contribution in [0.15, 0.2) is 35.3 Å². The smallest absolute Gasteiger partial charge is 0.258 e. The lowest BCUT2D eigenvalue weighted by Gasteiger charge is -2.35. The Kier molecular flexibility index (Phi) is 4.85. The molecular formula is C28H30N2O4. The molecule has 0 saturated carbocycles. The molecule has 1 atom stereocenters. The summed E-state index contributed by atoms with van der Waals surface area (Å²) in [6.07, 6.45) is 5.53. The summed E-state index contributed by atoms with van der Waals surface area (Å²) in [7, 11) is 0. The summed E-state index contributed by atoms with van der Waals surface area (Å²) >= 11 is 0. The van der Waals surface area contributed by atoms with Gasteiger partial charge in [-0.3, -0.25) is 4.79 Å². The predicted octanol–water partition coefficient (Wildman–Crippen LogP) is 4.73. The maximum atomic E-state index is 13.6. The predicted molar refractivity (Wildman–Crippen MR) is 131 cm³/mol. The van der Waals surface area contributed by atoms with Crippen molar-refractivity contribution in [2.24, 2.45) is 0 Å². The van der Waals surface area contributed by atoms with Crippen molar-refractivity contribution in [3.8, 4) is 17.1 Å². The van der Waals surface area contributed by atoms with Gasteiger partial charge in [0.2, 0.25) is 0 Å². The molecular weight excluding hydrogens is 428 g/mol. The average Bonchev–Trinajstić information content (AvgIpc) is 3.22. The second-order valence-electron chi connectivity index (χ2n) is 9.65. The van der Waals surface area contributed by atoms with E-state index in [-0.39, 0.29) is 12.2 Å². The molecule has 2 aliphatic heterocycles. The van der Waals surface area contributed by atoms with Crippen LogP contribution in [0.4, 0.5) is 0 Å². The van der Waals surface area contributed by atoms with Gasteiger partial charge in [-0.05, 0) is 55.9 Å². The first-order valence-corrected chi connectivity index (χ1v) is 12.4. The Hall–Kier alpha value is -3.12. The Bertz CT molecular complexity index is 1420. The zero-order valence-electron chi connectivity index (χ0n) is 19.9. The van der Waals surface area contributed by atoms with Gasteiger partial charge >= 0.3 is 0 Å². The van der Waals surface area contributed by atoms with Crippen molar-refractivity contribution in [2.75, 3.05) is 6.61 Å². The fourth-order valence-electron chi connectivity index (χ4n) is 5.86. The van der Waals surface area contributed by atoms with E-state index in [1.54, 1.807) is 4.57 Å². The zero-order valence-corrected chi connectivity index (χ0v) is 19.9. The van der Waals surface area contributed by atoms with Crippen molar-refractivity contribution >= 4 is 10.9 Å². The van der Waals surface area contributed by atoms with Crippen molar-refractivity contribution in [3.05, 3.63) is 68.7 Å². The molecule has 0 amide bonds. The van der Waals surface area contributed by atoms with Crippen LogP contribution in [0.5, 0.6) is 5.75 Å². The average molecular weight is 459 g/mol. The van der Waals surface area contributed by atoms with Crippen LogP contribution in [-0.2, 0) is 36.3 Å². The van der Waals surface area contributed by atoms with Crippen LogP contribution in [0.1, 0.15) is 67.3 Å². The minimum Gasteiger partial charge on any atom is -0.493 e. The number of benzene rings is 1. The van der Waals surface area contributed by atoms with Gasteiger partial charge in [-0.1, -0.05) is 26.8 Å². The van der Waals surface area contributed by atoms with Crippen LogP contribution in [-0.4, -0.2) is 21.3 Å². The van der Waals surface area contributed by atoms with E-state index < -0.39 is 5.60 Å². The molecule has 0 bridgehead atoms. The minimum absolute atomic E-state index is 0.110. The molecule has 3 aromatic rings. The molecule has 1 aliphatic carbocycles. The number of fused-ring (bicyclic) bond motifs is 5. The topological polar surface area (TPSA) is 73.6 Å². The lowest BCUT2D eigenvalue weighted by atomic mass is 9.84. The van der Waals surface area contributed by atoms with Crippen LogP contribution in [0.3, 0.4) is 0 Å². The molecule has 6 nitrogen and oxygen atoms in total. The molecule has 1 aromatic carbocycles. The fraction of sp³-hybridized carbons (Fsp3) is 0.429.